The zero-order chi connectivity index (χ0) is 22.3. The second-order valence-electron chi connectivity index (χ2n) is 8.88. The molecular weight excluding hydrogens is 405 g/mol. The zero-order valence-electron chi connectivity index (χ0n) is 18.0. The molecule has 0 aromatic carbocycles. The number of amides is 2. The fraction of sp³-hybridized carbons (Fsp3) is 0.550. The van der Waals surface area contributed by atoms with E-state index in [1.807, 2.05) is 32.4 Å². The summed E-state index contributed by atoms with van der Waals surface area (Å²) in [7, 11) is 0. The van der Waals surface area contributed by atoms with Crippen LogP contribution in [0.5, 0.6) is 0 Å². The van der Waals surface area contributed by atoms with Gasteiger partial charge in [0.25, 0.3) is 0 Å². The van der Waals surface area contributed by atoms with Gasteiger partial charge in [0.2, 0.25) is 5.91 Å². The normalized spacial score (nSPS) is 21.3. The number of halogens is 1. The van der Waals surface area contributed by atoms with Crippen LogP contribution in [0.4, 0.5) is 20.7 Å². The number of aromatic nitrogens is 4. The Morgan fingerprint density at radius 3 is 2.77 bits per heavy atom. The number of carbonyl (C=O) groups excluding carboxylic acids is 2. The first kappa shape index (κ1) is 21.0. The molecule has 0 spiro atoms. The van der Waals surface area contributed by atoms with Gasteiger partial charge in [0.15, 0.2) is 11.6 Å². The van der Waals surface area contributed by atoms with Crippen LogP contribution in [0.1, 0.15) is 39.8 Å². The fourth-order valence-electron chi connectivity index (χ4n) is 3.83. The Hall–Kier alpha value is -3.24. The molecule has 2 atom stereocenters. The minimum absolute atomic E-state index is 0.0663. The average molecular weight is 431 g/mol. The molecule has 2 amide bonds. The maximum absolute atomic E-state index is 13.9. The molecule has 2 aromatic heterocycles. The maximum atomic E-state index is 13.9. The summed E-state index contributed by atoms with van der Waals surface area (Å²) in [5.74, 6) is -0.611. The molecule has 1 N–H and O–H groups in total. The van der Waals surface area contributed by atoms with E-state index < -0.39 is 17.5 Å². The number of hydrogen-bond donors (Lipinski definition) is 1. The van der Waals surface area contributed by atoms with Crippen LogP contribution in [0.3, 0.4) is 0 Å². The molecule has 0 aliphatic carbocycles. The lowest BCUT2D eigenvalue weighted by Crippen LogP contribution is -2.47. The standard InChI is InChI=1S/C20H26FN7O3/c1-12-8-28-16(10-26(12)19(30)31-20(2,3)4)15(7-24-28)27-9-13(5-17(27)29)25-18-14(21)6-22-11-23-18/h6-7,11-13H,5,8-10H2,1-4H3,(H,22,23,25)/t12-,13?/m0/s1. The van der Waals surface area contributed by atoms with Crippen molar-refractivity contribution in [2.45, 2.75) is 64.9 Å². The van der Waals surface area contributed by atoms with Crippen molar-refractivity contribution >= 4 is 23.5 Å². The molecule has 1 saturated heterocycles. The van der Waals surface area contributed by atoms with Crippen molar-refractivity contribution in [2.24, 2.45) is 0 Å². The Labute approximate surface area is 179 Å². The molecule has 1 unspecified atom stereocenters. The van der Waals surface area contributed by atoms with Crippen molar-refractivity contribution in [3.8, 4) is 0 Å². The first-order valence-electron chi connectivity index (χ1n) is 10.2. The van der Waals surface area contributed by atoms with Gasteiger partial charge < -0.3 is 15.0 Å². The van der Waals surface area contributed by atoms with Crippen LogP contribution < -0.4 is 10.2 Å². The number of hydrogen-bond acceptors (Lipinski definition) is 7. The van der Waals surface area contributed by atoms with Crippen LogP contribution in [-0.2, 0) is 22.6 Å². The third kappa shape index (κ3) is 4.30. The predicted octanol–water partition coefficient (Wildman–Crippen LogP) is 2.17. The minimum atomic E-state index is -0.600. The van der Waals surface area contributed by atoms with Crippen LogP contribution >= 0.6 is 0 Å². The van der Waals surface area contributed by atoms with E-state index >= 15 is 0 Å². The van der Waals surface area contributed by atoms with Gasteiger partial charge in [0.05, 0.1) is 48.9 Å². The number of rotatable bonds is 3. The van der Waals surface area contributed by atoms with Gasteiger partial charge in [-0.2, -0.15) is 5.10 Å². The van der Waals surface area contributed by atoms with E-state index in [-0.39, 0.29) is 36.8 Å². The van der Waals surface area contributed by atoms with Crippen LogP contribution in [0.15, 0.2) is 18.7 Å². The maximum Gasteiger partial charge on any atom is 0.410 e. The number of ether oxygens (including phenoxy) is 1. The molecule has 0 bridgehead atoms. The van der Waals surface area contributed by atoms with Crippen molar-refractivity contribution in [3.63, 3.8) is 0 Å². The Morgan fingerprint density at radius 1 is 1.29 bits per heavy atom. The smallest absolute Gasteiger partial charge is 0.410 e. The highest BCUT2D eigenvalue weighted by atomic mass is 19.1. The quantitative estimate of drug-likeness (QED) is 0.794. The van der Waals surface area contributed by atoms with Crippen LogP contribution in [-0.4, -0.2) is 60.9 Å². The third-order valence-electron chi connectivity index (χ3n) is 5.27. The second-order valence-corrected chi connectivity index (χ2v) is 8.88. The molecule has 31 heavy (non-hydrogen) atoms. The first-order chi connectivity index (χ1) is 14.6. The molecule has 10 nitrogen and oxygen atoms in total. The topological polar surface area (TPSA) is 105 Å². The van der Waals surface area contributed by atoms with E-state index in [9.17, 15) is 14.0 Å². The summed E-state index contributed by atoms with van der Waals surface area (Å²) in [5, 5.41) is 7.39. The van der Waals surface area contributed by atoms with Gasteiger partial charge >= 0.3 is 6.09 Å². The molecule has 0 saturated carbocycles. The average Bonchev–Trinajstić information content (AvgIpc) is 3.23. The van der Waals surface area contributed by atoms with E-state index in [4.69, 9.17) is 4.74 Å². The highest BCUT2D eigenvalue weighted by Crippen LogP contribution is 2.31. The van der Waals surface area contributed by atoms with Crippen molar-refractivity contribution < 1.29 is 18.7 Å². The number of nitrogens with one attached hydrogen (secondary N) is 1. The number of nitrogens with zero attached hydrogens (tertiary/aromatic N) is 6. The Morgan fingerprint density at radius 2 is 2.06 bits per heavy atom. The van der Waals surface area contributed by atoms with E-state index in [0.29, 0.717) is 18.8 Å². The van der Waals surface area contributed by atoms with Crippen molar-refractivity contribution in [1.82, 2.24) is 24.6 Å². The minimum Gasteiger partial charge on any atom is -0.444 e. The Bertz CT molecular complexity index is 1000. The van der Waals surface area contributed by atoms with E-state index in [2.05, 4.69) is 20.4 Å². The zero-order valence-corrected chi connectivity index (χ0v) is 18.0. The van der Waals surface area contributed by atoms with Crippen molar-refractivity contribution in [3.05, 3.63) is 30.2 Å². The van der Waals surface area contributed by atoms with Crippen LogP contribution in [0.25, 0.3) is 0 Å². The van der Waals surface area contributed by atoms with Crippen LogP contribution in [0, 0.1) is 5.82 Å². The highest BCUT2D eigenvalue weighted by Gasteiger charge is 2.37. The summed E-state index contributed by atoms with van der Waals surface area (Å²) in [5.41, 5.74) is 0.821. The van der Waals surface area contributed by atoms with Gasteiger partial charge in [0.1, 0.15) is 11.9 Å². The summed E-state index contributed by atoms with van der Waals surface area (Å²) < 4.78 is 21.2. The predicted molar refractivity (Wildman–Crippen MR) is 110 cm³/mol. The molecule has 11 heteroatoms. The third-order valence-corrected chi connectivity index (χ3v) is 5.27. The summed E-state index contributed by atoms with van der Waals surface area (Å²) in [6.07, 6.45) is 3.77. The molecule has 1 fully saturated rings. The van der Waals surface area contributed by atoms with Crippen LogP contribution in [0.2, 0.25) is 0 Å². The van der Waals surface area contributed by atoms with Gasteiger partial charge in [0, 0.05) is 13.0 Å². The Balaban J connectivity index is 1.51. The molecule has 4 heterocycles. The van der Waals surface area contributed by atoms with Gasteiger partial charge in [-0.15, -0.1) is 0 Å². The summed E-state index contributed by atoms with van der Waals surface area (Å²) >= 11 is 0. The molecule has 0 radical (unpaired) electrons. The summed E-state index contributed by atoms with van der Waals surface area (Å²) in [4.78, 5) is 36.2. The lowest BCUT2D eigenvalue weighted by molar-refractivity contribution is -0.117. The number of anilines is 2. The molecule has 2 aliphatic rings. The highest BCUT2D eigenvalue weighted by molar-refractivity contribution is 5.97. The largest absolute Gasteiger partial charge is 0.444 e. The lowest BCUT2D eigenvalue weighted by Gasteiger charge is -2.36. The fourth-order valence-corrected chi connectivity index (χ4v) is 3.83. The van der Waals surface area contributed by atoms with Crippen molar-refractivity contribution in [1.29, 1.82) is 0 Å². The molecular formula is C20H26FN7O3. The van der Waals surface area contributed by atoms with Gasteiger partial charge in [-0.05, 0) is 27.7 Å². The first-order valence-corrected chi connectivity index (χ1v) is 10.2. The van der Waals surface area contributed by atoms with Gasteiger partial charge in [-0.1, -0.05) is 0 Å². The van der Waals surface area contributed by atoms with Gasteiger partial charge in [-0.3, -0.25) is 14.4 Å². The summed E-state index contributed by atoms with van der Waals surface area (Å²) in [6, 6.07) is -0.406. The van der Waals surface area contributed by atoms with E-state index in [0.717, 1.165) is 11.9 Å². The second kappa shape index (κ2) is 7.78. The van der Waals surface area contributed by atoms with Crippen molar-refractivity contribution in [2.75, 3.05) is 16.8 Å². The lowest BCUT2D eigenvalue weighted by atomic mass is 10.2. The number of carbonyl (C=O) groups is 2. The Kier molecular flexibility index (Phi) is 5.28. The molecule has 2 aromatic rings. The van der Waals surface area contributed by atoms with E-state index in [1.54, 1.807) is 16.0 Å². The van der Waals surface area contributed by atoms with Gasteiger partial charge in [-0.25, -0.2) is 19.2 Å². The molecule has 166 valence electrons. The summed E-state index contributed by atoms with van der Waals surface area (Å²) in [6.45, 7) is 8.54. The molecule has 2 aliphatic heterocycles. The molecule has 4 rings (SSSR count). The number of fused-ring (bicyclic) bond motifs is 1. The monoisotopic (exact) mass is 431 g/mol. The van der Waals surface area contributed by atoms with E-state index in [1.165, 1.54) is 6.33 Å². The SMILES string of the molecule is C[C@H]1Cn2ncc(N3CC(Nc4ncncc4F)CC3=O)c2CN1C(=O)OC(C)(C)C.